The quantitative estimate of drug-likeness (QED) is 0.484. The first-order valence-electron chi connectivity index (χ1n) is 7.31. The fourth-order valence-corrected chi connectivity index (χ4v) is 2.88. The topological polar surface area (TPSA) is 80.5 Å². The maximum atomic E-state index is 12.6. The molecule has 1 aliphatic heterocycles. The maximum Gasteiger partial charge on any atom is 0.269 e. The average molecular weight is 345 g/mol. The van der Waals surface area contributed by atoms with Crippen molar-refractivity contribution in [2.45, 2.75) is 12.8 Å². The van der Waals surface area contributed by atoms with Crippen molar-refractivity contribution in [1.29, 1.82) is 0 Å². The van der Waals surface area contributed by atoms with Crippen LogP contribution in [0.15, 0.2) is 48.5 Å². The normalized spacial score (nSPS) is 17.4. The molecule has 2 amide bonds. The van der Waals surface area contributed by atoms with Crippen LogP contribution in [0.4, 0.5) is 11.4 Å². The van der Waals surface area contributed by atoms with Gasteiger partial charge in [-0.05, 0) is 36.2 Å². The number of rotatable bonds is 4. The zero-order valence-corrected chi connectivity index (χ0v) is 13.3. The molecular weight excluding hydrogens is 332 g/mol. The lowest BCUT2D eigenvalue weighted by Crippen LogP contribution is -2.30. The second-order valence-corrected chi connectivity index (χ2v) is 6.01. The van der Waals surface area contributed by atoms with E-state index in [0.717, 1.165) is 10.5 Å². The monoisotopic (exact) mass is 344 g/mol. The summed E-state index contributed by atoms with van der Waals surface area (Å²) in [5.74, 6) is -1.02. The summed E-state index contributed by atoms with van der Waals surface area (Å²) in [6.45, 7) is 0. The first-order valence-corrected chi connectivity index (χ1v) is 7.69. The lowest BCUT2D eigenvalue weighted by Gasteiger charge is -2.15. The number of carbonyl (C=O) groups excluding carboxylic acids is 2. The van der Waals surface area contributed by atoms with Crippen LogP contribution in [-0.2, 0) is 16.0 Å². The summed E-state index contributed by atoms with van der Waals surface area (Å²) >= 11 is 5.84. The smallest absolute Gasteiger partial charge is 0.269 e. The molecule has 7 heteroatoms. The number of nitro benzene ring substituents is 1. The lowest BCUT2D eigenvalue weighted by molar-refractivity contribution is -0.384. The number of carbonyl (C=O) groups is 2. The van der Waals surface area contributed by atoms with Gasteiger partial charge in [-0.1, -0.05) is 23.7 Å². The number of imide groups is 1. The Labute approximate surface area is 142 Å². The number of amides is 2. The van der Waals surface area contributed by atoms with Gasteiger partial charge in [0.25, 0.3) is 5.69 Å². The van der Waals surface area contributed by atoms with Crippen LogP contribution in [0.2, 0.25) is 5.02 Å². The molecule has 0 aliphatic carbocycles. The van der Waals surface area contributed by atoms with Crippen molar-refractivity contribution in [1.82, 2.24) is 0 Å². The second-order valence-electron chi connectivity index (χ2n) is 5.57. The number of non-ortho nitro benzene ring substituents is 1. The van der Waals surface area contributed by atoms with Crippen molar-refractivity contribution >= 4 is 34.8 Å². The van der Waals surface area contributed by atoms with Crippen LogP contribution in [0.25, 0.3) is 0 Å². The summed E-state index contributed by atoms with van der Waals surface area (Å²) in [7, 11) is 0. The summed E-state index contributed by atoms with van der Waals surface area (Å²) in [5, 5.41) is 11.3. The Balaban J connectivity index is 1.78. The summed E-state index contributed by atoms with van der Waals surface area (Å²) < 4.78 is 0. The molecule has 0 spiro atoms. The number of halogens is 1. The van der Waals surface area contributed by atoms with Crippen molar-refractivity contribution in [2.24, 2.45) is 5.92 Å². The number of hydrogen-bond acceptors (Lipinski definition) is 4. The highest BCUT2D eigenvalue weighted by atomic mass is 35.5. The molecule has 0 aromatic heterocycles. The second kappa shape index (κ2) is 6.41. The van der Waals surface area contributed by atoms with E-state index >= 15 is 0 Å². The van der Waals surface area contributed by atoms with Crippen molar-refractivity contribution in [2.75, 3.05) is 4.90 Å². The third kappa shape index (κ3) is 3.14. The Morgan fingerprint density at radius 1 is 1.08 bits per heavy atom. The highest BCUT2D eigenvalue weighted by molar-refractivity contribution is 6.30. The van der Waals surface area contributed by atoms with Gasteiger partial charge in [0.15, 0.2) is 0 Å². The predicted octanol–water partition coefficient (Wildman–Crippen LogP) is 3.37. The van der Waals surface area contributed by atoms with Gasteiger partial charge in [-0.15, -0.1) is 0 Å². The first-order chi connectivity index (χ1) is 11.5. The molecule has 3 rings (SSSR count). The molecule has 24 heavy (non-hydrogen) atoms. The molecule has 1 fully saturated rings. The van der Waals surface area contributed by atoms with Crippen LogP contribution in [0.5, 0.6) is 0 Å². The van der Waals surface area contributed by atoms with E-state index in [1.165, 1.54) is 24.3 Å². The van der Waals surface area contributed by atoms with E-state index in [0.29, 0.717) is 17.1 Å². The number of hydrogen-bond donors (Lipinski definition) is 0. The third-order valence-electron chi connectivity index (χ3n) is 3.95. The van der Waals surface area contributed by atoms with E-state index in [1.54, 1.807) is 12.1 Å². The molecule has 0 bridgehead atoms. The van der Waals surface area contributed by atoms with Gasteiger partial charge < -0.3 is 0 Å². The van der Waals surface area contributed by atoms with E-state index in [2.05, 4.69) is 0 Å². The standard InChI is InChI=1S/C17H13ClN2O4/c18-13-3-1-11(2-4-13)9-12-10-16(21)19(17(12)22)14-5-7-15(8-6-14)20(23)24/h1-8,12H,9-10H2. The van der Waals surface area contributed by atoms with Crippen LogP contribution in [0, 0.1) is 16.0 Å². The van der Waals surface area contributed by atoms with E-state index in [1.807, 2.05) is 12.1 Å². The SMILES string of the molecule is O=C1CC(Cc2ccc(Cl)cc2)C(=O)N1c1ccc([N+](=O)[O-])cc1. The van der Waals surface area contributed by atoms with Gasteiger partial charge in [0.05, 0.1) is 16.5 Å². The number of anilines is 1. The molecular formula is C17H13ClN2O4. The van der Waals surface area contributed by atoms with E-state index in [4.69, 9.17) is 11.6 Å². The first kappa shape index (κ1) is 16.1. The fraction of sp³-hybridized carbons (Fsp3) is 0.176. The predicted molar refractivity (Wildman–Crippen MR) is 88.9 cm³/mol. The Bertz CT molecular complexity index is 802. The summed E-state index contributed by atoms with van der Waals surface area (Å²) in [5.41, 5.74) is 1.20. The van der Waals surface area contributed by atoms with E-state index < -0.39 is 10.8 Å². The zero-order valence-electron chi connectivity index (χ0n) is 12.5. The Hall–Kier alpha value is -2.73. The highest BCUT2D eigenvalue weighted by Crippen LogP contribution is 2.30. The Kier molecular flexibility index (Phi) is 4.31. The molecule has 0 saturated carbocycles. The van der Waals surface area contributed by atoms with Crippen molar-refractivity contribution < 1.29 is 14.5 Å². The molecule has 1 aliphatic rings. The van der Waals surface area contributed by atoms with Gasteiger partial charge in [0, 0.05) is 23.6 Å². The number of nitro groups is 1. The molecule has 1 atom stereocenters. The van der Waals surface area contributed by atoms with Crippen LogP contribution in [0.1, 0.15) is 12.0 Å². The molecule has 1 saturated heterocycles. The minimum Gasteiger partial charge on any atom is -0.274 e. The molecule has 2 aromatic rings. The van der Waals surface area contributed by atoms with Gasteiger partial charge in [0.1, 0.15) is 0 Å². The van der Waals surface area contributed by atoms with E-state index in [9.17, 15) is 19.7 Å². The molecule has 122 valence electrons. The van der Waals surface area contributed by atoms with Crippen LogP contribution >= 0.6 is 11.6 Å². The lowest BCUT2D eigenvalue weighted by atomic mass is 9.98. The Morgan fingerprint density at radius 3 is 2.29 bits per heavy atom. The number of nitrogens with zero attached hydrogens (tertiary/aromatic N) is 2. The van der Waals surface area contributed by atoms with E-state index in [-0.39, 0.29) is 23.9 Å². The molecule has 0 radical (unpaired) electrons. The third-order valence-corrected chi connectivity index (χ3v) is 4.21. The minimum absolute atomic E-state index is 0.0874. The maximum absolute atomic E-state index is 12.6. The van der Waals surface area contributed by atoms with Crippen LogP contribution in [-0.4, -0.2) is 16.7 Å². The van der Waals surface area contributed by atoms with Crippen molar-refractivity contribution in [3.63, 3.8) is 0 Å². The van der Waals surface area contributed by atoms with Crippen molar-refractivity contribution in [3.8, 4) is 0 Å². The zero-order chi connectivity index (χ0) is 17.3. The summed E-state index contributed by atoms with van der Waals surface area (Å²) in [4.78, 5) is 36.0. The number of benzene rings is 2. The van der Waals surface area contributed by atoms with Gasteiger partial charge in [-0.2, -0.15) is 0 Å². The summed E-state index contributed by atoms with van der Waals surface area (Å²) in [6.07, 6.45) is 0.573. The Morgan fingerprint density at radius 2 is 1.71 bits per heavy atom. The minimum atomic E-state index is -0.527. The van der Waals surface area contributed by atoms with Gasteiger partial charge in [-0.3, -0.25) is 24.6 Å². The molecule has 1 heterocycles. The fourth-order valence-electron chi connectivity index (χ4n) is 2.75. The van der Waals surface area contributed by atoms with Gasteiger partial charge >= 0.3 is 0 Å². The van der Waals surface area contributed by atoms with Crippen molar-refractivity contribution in [3.05, 3.63) is 69.2 Å². The van der Waals surface area contributed by atoms with Crippen LogP contribution < -0.4 is 4.90 Å². The van der Waals surface area contributed by atoms with Gasteiger partial charge in [0.2, 0.25) is 11.8 Å². The molecule has 6 nitrogen and oxygen atoms in total. The highest BCUT2D eigenvalue weighted by Gasteiger charge is 2.39. The largest absolute Gasteiger partial charge is 0.274 e. The summed E-state index contributed by atoms with van der Waals surface area (Å²) in [6, 6.07) is 12.5. The average Bonchev–Trinajstić information content (AvgIpc) is 2.83. The van der Waals surface area contributed by atoms with Gasteiger partial charge in [-0.25, -0.2) is 0 Å². The molecule has 2 aromatic carbocycles. The molecule has 1 unspecified atom stereocenters. The van der Waals surface area contributed by atoms with Crippen LogP contribution in [0.3, 0.4) is 0 Å². The molecule has 0 N–H and O–H groups in total.